The van der Waals surface area contributed by atoms with E-state index in [1.165, 1.54) is 0 Å². The van der Waals surface area contributed by atoms with Crippen molar-refractivity contribution in [3.05, 3.63) is 0 Å². The van der Waals surface area contributed by atoms with Crippen LogP contribution in [0.5, 0.6) is 0 Å². The van der Waals surface area contributed by atoms with Crippen molar-refractivity contribution in [2.24, 2.45) is 11.8 Å². The molecule has 1 amide bonds. The lowest BCUT2D eigenvalue weighted by Gasteiger charge is -2.28. The molecule has 4 unspecified atom stereocenters. The average molecular weight is 284 g/mol. The molecule has 0 aliphatic carbocycles. The van der Waals surface area contributed by atoms with Gasteiger partial charge in [0.05, 0.1) is 18.3 Å². The van der Waals surface area contributed by atoms with Gasteiger partial charge in [0.1, 0.15) is 0 Å². The lowest BCUT2D eigenvalue weighted by Crippen LogP contribution is -2.42. The highest BCUT2D eigenvalue weighted by Crippen LogP contribution is 2.23. The van der Waals surface area contributed by atoms with Crippen molar-refractivity contribution >= 4 is 5.91 Å². The number of carbonyl (C=O) groups excluding carboxylic acids is 1. The summed E-state index contributed by atoms with van der Waals surface area (Å²) >= 11 is 0. The molecule has 0 radical (unpaired) electrons. The molecule has 0 spiro atoms. The number of rotatable bonds is 8. The summed E-state index contributed by atoms with van der Waals surface area (Å²) in [7, 11) is 0. The number of amides is 1. The lowest BCUT2D eigenvalue weighted by molar-refractivity contribution is -0.132. The molecule has 1 aliphatic rings. The normalized spacial score (nSPS) is 26.4. The molecule has 1 fully saturated rings. The molecule has 1 heterocycles. The monoisotopic (exact) mass is 284 g/mol. The standard InChI is InChI=1S/C16H32N2O2/c1-7-12(5)15-16(19)18(10-13(6)20-8-2)14(17-15)9-11(3)4/h11-15,17H,7-10H2,1-6H3. The molecule has 0 aromatic rings. The highest BCUT2D eigenvalue weighted by Gasteiger charge is 2.41. The maximum absolute atomic E-state index is 12.6. The maximum atomic E-state index is 12.6. The molecule has 4 nitrogen and oxygen atoms in total. The summed E-state index contributed by atoms with van der Waals surface area (Å²) in [6, 6.07) is -0.0300. The minimum absolute atomic E-state index is 0.0300. The van der Waals surface area contributed by atoms with Crippen molar-refractivity contribution in [1.29, 1.82) is 0 Å². The first-order chi connectivity index (χ1) is 9.40. The smallest absolute Gasteiger partial charge is 0.241 e. The number of carbonyl (C=O) groups is 1. The van der Waals surface area contributed by atoms with Crippen LogP contribution < -0.4 is 5.32 Å². The van der Waals surface area contributed by atoms with E-state index in [-0.39, 0.29) is 24.2 Å². The minimum atomic E-state index is -0.0300. The van der Waals surface area contributed by atoms with Gasteiger partial charge >= 0.3 is 0 Å². The largest absolute Gasteiger partial charge is 0.377 e. The average Bonchev–Trinajstić information content (AvgIpc) is 2.66. The summed E-state index contributed by atoms with van der Waals surface area (Å²) in [6.07, 6.45) is 2.27. The number of nitrogens with one attached hydrogen (secondary N) is 1. The Hall–Kier alpha value is -0.610. The van der Waals surface area contributed by atoms with E-state index in [2.05, 4.69) is 33.0 Å². The number of nitrogens with zero attached hydrogens (tertiary/aromatic N) is 1. The molecule has 1 N–H and O–H groups in total. The van der Waals surface area contributed by atoms with Crippen LogP contribution in [0.1, 0.15) is 54.4 Å². The second-order valence-corrected chi connectivity index (χ2v) is 6.43. The third-order valence-electron chi connectivity index (χ3n) is 4.11. The summed E-state index contributed by atoms with van der Waals surface area (Å²) in [5.41, 5.74) is 0. The topological polar surface area (TPSA) is 41.6 Å². The van der Waals surface area contributed by atoms with Crippen molar-refractivity contribution in [2.45, 2.75) is 72.7 Å². The molecule has 4 heteroatoms. The first kappa shape index (κ1) is 17.4. The van der Waals surface area contributed by atoms with E-state index in [4.69, 9.17) is 4.74 Å². The highest BCUT2D eigenvalue weighted by atomic mass is 16.5. The molecule has 20 heavy (non-hydrogen) atoms. The first-order valence-electron chi connectivity index (χ1n) is 8.08. The molecule has 0 saturated carbocycles. The third-order valence-corrected chi connectivity index (χ3v) is 4.11. The predicted molar refractivity (Wildman–Crippen MR) is 82.4 cm³/mol. The van der Waals surface area contributed by atoms with Crippen LogP contribution in [0.15, 0.2) is 0 Å². The van der Waals surface area contributed by atoms with E-state index in [9.17, 15) is 4.79 Å². The van der Waals surface area contributed by atoms with Crippen molar-refractivity contribution in [3.63, 3.8) is 0 Å². The Kier molecular flexibility index (Phi) is 6.96. The van der Waals surface area contributed by atoms with Gasteiger partial charge in [0, 0.05) is 13.2 Å². The highest BCUT2D eigenvalue weighted by molar-refractivity contribution is 5.84. The van der Waals surface area contributed by atoms with Gasteiger partial charge in [-0.25, -0.2) is 0 Å². The van der Waals surface area contributed by atoms with Gasteiger partial charge in [-0.3, -0.25) is 10.1 Å². The van der Waals surface area contributed by atoms with Crippen LogP contribution >= 0.6 is 0 Å². The minimum Gasteiger partial charge on any atom is -0.377 e. The summed E-state index contributed by atoms with van der Waals surface area (Å²) in [4.78, 5) is 14.6. The zero-order valence-corrected chi connectivity index (χ0v) is 14.0. The van der Waals surface area contributed by atoms with Crippen LogP contribution in [-0.2, 0) is 9.53 Å². The predicted octanol–water partition coefficient (Wildman–Crippen LogP) is 2.63. The van der Waals surface area contributed by atoms with Crippen LogP contribution in [0.4, 0.5) is 0 Å². The van der Waals surface area contributed by atoms with E-state index in [0.717, 1.165) is 12.8 Å². The van der Waals surface area contributed by atoms with E-state index in [1.54, 1.807) is 0 Å². The Balaban J connectivity index is 2.76. The van der Waals surface area contributed by atoms with E-state index in [0.29, 0.717) is 25.0 Å². The van der Waals surface area contributed by atoms with Crippen LogP contribution in [-0.4, -0.2) is 42.3 Å². The number of ether oxygens (including phenoxy) is 1. The third kappa shape index (κ3) is 4.45. The van der Waals surface area contributed by atoms with Gasteiger partial charge in [-0.05, 0) is 32.1 Å². The Morgan fingerprint density at radius 3 is 2.40 bits per heavy atom. The van der Waals surface area contributed by atoms with Crippen LogP contribution in [0.3, 0.4) is 0 Å². The van der Waals surface area contributed by atoms with Gasteiger partial charge < -0.3 is 9.64 Å². The summed E-state index contributed by atoms with van der Waals surface area (Å²) in [5.74, 6) is 1.20. The van der Waals surface area contributed by atoms with E-state index >= 15 is 0 Å². The van der Waals surface area contributed by atoms with Gasteiger partial charge in [0.15, 0.2) is 0 Å². The Morgan fingerprint density at radius 2 is 1.90 bits per heavy atom. The second kappa shape index (κ2) is 7.99. The molecule has 1 saturated heterocycles. The molecule has 0 aromatic heterocycles. The van der Waals surface area contributed by atoms with Gasteiger partial charge in [0.25, 0.3) is 0 Å². The Morgan fingerprint density at radius 1 is 1.25 bits per heavy atom. The fourth-order valence-electron chi connectivity index (χ4n) is 2.82. The van der Waals surface area contributed by atoms with Crippen molar-refractivity contribution in [3.8, 4) is 0 Å². The quantitative estimate of drug-likeness (QED) is 0.745. The van der Waals surface area contributed by atoms with Gasteiger partial charge in [-0.1, -0.05) is 34.1 Å². The number of hydrogen-bond donors (Lipinski definition) is 1. The van der Waals surface area contributed by atoms with E-state index < -0.39 is 0 Å². The van der Waals surface area contributed by atoms with Crippen LogP contribution in [0.2, 0.25) is 0 Å². The Bertz CT molecular complexity index is 307. The second-order valence-electron chi connectivity index (χ2n) is 6.43. The first-order valence-corrected chi connectivity index (χ1v) is 8.08. The van der Waals surface area contributed by atoms with E-state index in [1.807, 2.05) is 18.7 Å². The van der Waals surface area contributed by atoms with Gasteiger partial charge in [-0.15, -0.1) is 0 Å². The molecule has 4 atom stereocenters. The molecule has 1 rings (SSSR count). The summed E-state index contributed by atoms with van der Waals surface area (Å²) < 4.78 is 5.61. The fraction of sp³-hybridized carbons (Fsp3) is 0.938. The molecule has 118 valence electrons. The fourth-order valence-corrected chi connectivity index (χ4v) is 2.82. The molecule has 1 aliphatic heterocycles. The molecule has 0 aromatic carbocycles. The zero-order chi connectivity index (χ0) is 15.3. The molecule has 0 bridgehead atoms. The van der Waals surface area contributed by atoms with Crippen LogP contribution in [0, 0.1) is 11.8 Å². The number of hydrogen-bond acceptors (Lipinski definition) is 3. The van der Waals surface area contributed by atoms with Crippen molar-refractivity contribution in [2.75, 3.05) is 13.2 Å². The molecular formula is C16H32N2O2. The van der Waals surface area contributed by atoms with Gasteiger partial charge in [0.2, 0.25) is 5.91 Å². The summed E-state index contributed by atoms with van der Waals surface area (Å²) in [5, 5.41) is 3.54. The maximum Gasteiger partial charge on any atom is 0.241 e. The Labute approximate surface area is 124 Å². The SMILES string of the molecule is CCOC(C)CN1C(=O)C(C(C)CC)NC1CC(C)C. The summed E-state index contributed by atoms with van der Waals surface area (Å²) in [6.45, 7) is 14.1. The van der Waals surface area contributed by atoms with Crippen molar-refractivity contribution < 1.29 is 9.53 Å². The van der Waals surface area contributed by atoms with Crippen LogP contribution in [0.25, 0.3) is 0 Å². The van der Waals surface area contributed by atoms with Gasteiger partial charge in [-0.2, -0.15) is 0 Å². The zero-order valence-electron chi connectivity index (χ0n) is 14.0. The lowest BCUT2D eigenvalue weighted by atomic mass is 9.99. The molecular weight excluding hydrogens is 252 g/mol. The van der Waals surface area contributed by atoms with Crippen molar-refractivity contribution in [1.82, 2.24) is 10.2 Å².